The van der Waals surface area contributed by atoms with E-state index in [9.17, 15) is 4.39 Å². The second-order valence-electron chi connectivity index (χ2n) is 6.38. The Kier molecular flexibility index (Phi) is 3.88. The van der Waals surface area contributed by atoms with Crippen LogP contribution in [0, 0.1) is 26.6 Å². The van der Waals surface area contributed by atoms with E-state index in [1.807, 2.05) is 50.2 Å². The van der Waals surface area contributed by atoms with Crippen LogP contribution in [0.4, 0.5) is 15.9 Å². The van der Waals surface area contributed by atoms with Gasteiger partial charge in [0, 0.05) is 23.0 Å². The predicted octanol–water partition coefficient (Wildman–Crippen LogP) is 4.60. The van der Waals surface area contributed by atoms with E-state index in [4.69, 9.17) is 0 Å². The second kappa shape index (κ2) is 6.22. The van der Waals surface area contributed by atoms with Gasteiger partial charge in [-0.15, -0.1) is 5.10 Å². The number of fused-ring (bicyclic) bond motifs is 1. The molecule has 2 aromatic carbocycles. The van der Waals surface area contributed by atoms with Gasteiger partial charge >= 0.3 is 0 Å². The quantitative estimate of drug-likeness (QED) is 0.588. The fourth-order valence-corrected chi connectivity index (χ4v) is 2.72. The van der Waals surface area contributed by atoms with Crippen LogP contribution < -0.4 is 5.32 Å². The van der Waals surface area contributed by atoms with Crippen LogP contribution in [0.1, 0.15) is 16.8 Å². The number of rotatable bonds is 3. The van der Waals surface area contributed by atoms with Gasteiger partial charge in [0.25, 0.3) is 5.78 Å². The van der Waals surface area contributed by atoms with Gasteiger partial charge < -0.3 is 5.32 Å². The Balaban J connectivity index is 1.78. The zero-order valence-electron chi connectivity index (χ0n) is 14.8. The molecule has 5 nitrogen and oxygen atoms in total. The normalized spacial score (nSPS) is 11.1. The summed E-state index contributed by atoms with van der Waals surface area (Å²) in [6.45, 7) is 5.66. The highest BCUT2D eigenvalue weighted by atomic mass is 19.1. The molecule has 4 aromatic rings. The lowest BCUT2D eigenvalue weighted by Gasteiger charge is -2.09. The lowest BCUT2D eigenvalue weighted by atomic mass is 10.1. The molecule has 130 valence electrons. The topological polar surface area (TPSA) is 55.1 Å². The number of anilines is 2. The number of hydrogen-bond donors (Lipinski definition) is 1. The first-order valence-corrected chi connectivity index (χ1v) is 8.34. The molecule has 2 aromatic heterocycles. The van der Waals surface area contributed by atoms with Gasteiger partial charge in [-0.25, -0.2) is 9.37 Å². The highest BCUT2D eigenvalue weighted by Gasteiger charge is 2.12. The number of halogens is 1. The van der Waals surface area contributed by atoms with E-state index in [2.05, 4.69) is 20.4 Å². The molecule has 0 aliphatic heterocycles. The van der Waals surface area contributed by atoms with Crippen molar-refractivity contribution in [1.82, 2.24) is 19.6 Å². The minimum Gasteiger partial charge on any atom is -0.340 e. The summed E-state index contributed by atoms with van der Waals surface area (Å²) >= 11 is 0. The second-order valence-corrected chi connectivity index (χ2v) is 6.38. The van der Waals surface area contributed by atoms with Crippen molar-refractivity contribution in [2.75, 3.05) is 5.32 Å². The Bertz CT molecular complexity index is 1100. The standard InChI is InChI=1S/C20H18FN5/c1-12-4-7-15(8-5-12)19-24-20-22-14(3)10-18(26(20)25-19)23-16-9-6-13(2)17(21)11-16/h4-11,23H,1-3H3. The summed E-state index contributed by atoms with van der Waals surface area (Å²) in [5, 5.41) is 7.79. The lowest BCUT2D eigenvalue weighted by Crippen LogP contribution is -2.03. The van der Waals surface area contributed by atoms with Crippen molar-refractivity contribution in [1.29, 1.82) is 0 Å². The van der Waals surface area contributed by atoms with Gasteiger partial charge in [0.2, 0.25) is 0 Å². The summed E-state index contributed by atoms with van der Waals surface area (Å²) in [5.74, 6) is 1.52. The maximum Gasteiger partial charge on any atom is 0.254 e. The van der Waals surface area contributed by atoms with E-state index in [0.717, 1.165) is 11.3 Å². The zero-order chi connectivity index (χ0) is 18.3. The number of benzene rings is 2. The van der Waals surface area contributed by atoms with Gasteiger partial charge in [-0.1, -0.05) is 35.9 Å². The van der Waals surface area contributed by atoms with Crippen molar-refractivity contribution in [3.05, 3.63) is 71.2 Å². The van der Waals surface area contributed by atoms with Gasteiger partial charge in [-0.05, 0) is 38.5 Å². The molecule has 2 heterocycles. The van der Waals surface area contributed by atoms with Gasteiger partial charge in [-0.2, -0.15) is 9.50 Å². The summed E-state index contributed by atoms with van der Waals surface area (Å²) in [4.78, 5) is 8.98. The third-order valence-corrected chi connectivity index (χ3v) is 4.19. The molecule has 0 bridgehead atoms. The first kappa shape index (κ1) is 16.2. The zero-order valence-corrected chi connectivity index (χ0v) is 14.8. The Morgan fingerprint density at radius 2 is 1.69 bits per heavy atom. The molecule has 0 radical (unpaired) electrons. The van der Waals surface area contributed by atoms with Crippen LogP contribution in [0.2, 0.25) is 0 Å². The summed E-state index contributed by atoms with van der Waals surface area (Å²) in [6, 6.07) is 14.9. The molecule has 0 fully saturated rings. The Morgan fingerprint density at radius 3 is 2.42 bits per heavy atom. The van der Waals surface area contributed by atoms with E-state index in [1.54, 1.807) is 17.5 Å². The molecule has 0 amide bonds. The molecule has 0 aliphatic carbocycles. The molecule has 0 aliphatic rings. The molecule has 0 atom stereocenters. The Morgan fingerprint density at radius 1 is 0.923 bits per heavy atom. The fraction of sp³-hybridized carbons (Fsp3) is 0.150. The average Bonchev–Trinajstić information content (AvgIpc) is 3.03. The minimum absolute atomic E-state index is 0.254. The fourth-order valence-electron chi connectivity index (χ4n) is 2.72. The molecule has 6 heteroatoms. The molecule has 0 saturated carbocycles. The van der Waals surface area contributed by atoms with Crippen LogP contribution >= 0.6 is 0 Å². The number of nitrogens with one attached hydrogen (secondary N) is 1. The van der Waals surface area contributed by atoms with Gasteiger partial charge in [-0.3, -0.25) is 0 Å². The molecule has 0 spiro atoms. The molecule has 0 saturated heterocycles. The monoisotopic (exact) mass is 347 g/mol. The summed E-state index contributed by atoms with van der Waals surface area (Å²) < 4.78 is 15.5. The largest absolute Gasteiger partial charge is 0.340 e. The lowest BCUT2D eigenvalue weighted by molar-refractivity contribution is 0.619. The number of nitrogens with zero attached hydrogens (tertiary/aromatic N) is 4. The van der Waals surface area contributed by atoms with Crippen molar-refractivity contribution in [3.8, 4) is 11.4 Å². The Hall–Kier alpha value is -3.28. The highest BCUT2D eigenvalue weighted by molar-refractivity contribution is 5.62. The van der Waals surface area contributed by atoms with Gasteiger partial charge in [0.1, 0.15) is 11.6 Å². The molecule has 4 rings (SSSR count). The van der Waals surface area contributed by atoms with Crippen molar-refractivity contribution < 1.29 is 4.39 Å². The van der Waals surface area contributed by atoms with E-state index in [0.29, 0.717) is 28.7 Å². The highest BCUT2D eigenvalue weighted by Crippen LogP contribution is 2.22. The minimum atomic E-state index is -0.254. The van der Waals surface area contributed by atoms with Crippen molar-refractivity contribution >= 4 is 17.3 Å². The molecule has 26 heavy (non-hydrogen) atoms. The third-order valence-electron chi connectivity index (χ3n) is 4.19. The van der Waals surface area contributed by atoms with Gasteiger partial charge in [0.05, 0.1) is 0 Å². The van der Waals surface area contributed by atoms with E-state index in [-0.39, 0.29) is 5.82 Å². The van der Waals surface area contributed by atoms with E-state index < -0.39 is 0 Å². The molecular formula is C20H18FN5. The first-order valence-electron chi connectivity index (χ1n) is 8.34. The van der Waals surface area contributed by atoms with Crippen LogP contribution in [-0.2, 0) is 0 Å². The van der Waals surface area contributed by atoms with Crippen LogP contribution in [0.15, 0.2) is 48.5 Å². The third kappa shape index (κ3) is 3.01. The summed E-state index contributed by atoms with van der Waals surface area (Å²) in [5.41, 5.74) is 4.15. The molecule has 1 N–H and O–H groups in total. The van der Waals surface area contributed by atoms with Crippen LogP contribution in [0.3, 0.4) is 0 Å². The first-order chi connectivity index (χ1) is 12.5. The SMILES string of the molecule is Cc1ccc(-c2nc3nc(C)cc(Nc4ccc(C)c(F)c4)n3n2)cc1. The van der Waals surface area contributed by atoms with Crippen molar-refractivity contribution in [2.45, 2.75) is 20.8 Å². The molecule has 0 unspecified atom stereocenters. The van der Waals surface area contributed by atoms with Crippen molar-refractivity contribution in [3.63, 3.8) is 0 Å². The smallest absolute Gasteiger partial charge is 0.254 e. The predicted molar refractivity (Wildman–Crippen MR) is 100 cm³/mol. The summed E-state index contributed by atoms with van der Waals surface area (Å²) in [6.07, 6.45) is 0. The number of hydrogen-bond acceptors (Lipinski definition) is 4. The van der Waals surface area contributed by atoms with E-state index >= 15 is 0 Å². The average molecular weight is 347 g/mol. The van der Waals surface area contributed by atoms with Crippen molar-refractivity contribution in [2.24, 2.45) is 0 Å². The van der Waals surface area contributed by atoms with Crippen LogP contribution in [-0.4, -0.2) is 19.6 Å². The maximum atomic E-state index is 13.8. The Labute approximate surface area is 150 Å². The number of aromatic nitrogens is 4. The van der Waals surface area contributed by atoms with Gasteiger partial charge in [0.15, 0.2) is 5.82 Å². The van der Waals surface area contributed by atoms with Crippen LogP contribution in [0.25, 0.3) is 17.2 Å². The summed E-state index contributed by atoms with van der Waals surface area (Å²) in [7, 11) is 0. The van der Waals surface area contributed by atoms with Crippen LogP contribution in [0.5, 0.6) is 0 Å². The van der Waals surface area contributed by atoms with E-state index in [1.165, 1.54) is 11.6 Å². The number of aryl methyl sites for hydroxylation is 3. The maximum absolute atomic E-state index is 13.8. The molecular weight excluding hydrogens is 329 g/mol.